The second-order valence-corrected chi connectivity index (χ2v) is 7.60. The molecule has 3 aromatic rings. The summed E-state index contributed by atoms with van der Waals surface area (Å²) in [5, 5.41) is 0. The molecule has 2 aromatic heterocycles. The van der Waals surface area contributed by atoms with Crippen molar-refractivity contribution in [3.05, 3.63) is 84.9 Å². The number of methoxy groups -OCH3 is 1. The van der Waals surface area contributed by atoms with E-state index in [1.165, 1.54) is 11.3 Å². The normalized spacial score (nSPS) is 16.2. The number of hydrogen-bond donors (Lipinski definition) is 0. The molecule has 1 aliphatic heterocycles. The first-order chi connectivity index (χ1) is 14.5. The topological polar surface area (TPSA) is 83.0 Å². The van der Waals surface area contributed by atoms with E-state index in [4.69, 9.17) is 13.9 Å². The number of fused-ring (bicyclic) bond motifs is 1. The van der Waals surface area contributed by atoms with Crippen LogP contribution in [0, 0.1) is 0 Å². The standard InChI is InChI=1S/C22H20N2O5S/c1-4-28-21(26)18-13(2)23-22-24(19(18)14-7-9-15(27-3)10-8-14)20(25)17(30-22)12-16-6-5-11-29-16/h5-12,19H,4H2,1-3H3/b17-12-/t19-/m1/s1. The van der Waals surface area contributed by atoms with Crippen molar-refractivity contribution in [1.29, 1.82) is 0 Å². The highest BCUT2D eigenvalue weighted by Gasteiger charge is 2.33. The highest BCUT2D eigenvalue weighted by Crippen LogP contribution is 2.31. The Morgan fingerprint density at radius 3 is 2.70 bits per heavy atom. The first-order valence-corrected chi connectivity index (χ1v) is 10.2. The summed E-state index contributed by atoms with van der Waals surface area (Å²) in [5.74, 6) is 0.768. The molecule has 0 N–H and O–H groups in total. The number of rotatable bonds is 5. The SMILES string of the molecule is CCOC(=O)C1=C(C)N=c2s/c(=C\c3ccco3)c(=O)n2[C@@H]1c1ccc(OC)cc1. The van der Waals surface area contributed by atoms with Gasteiger partial charge in [-0.1, -0.05) is 23.5 Å². The molecule has 1 aromatic carbocycles. The van der Waals surface area contributed by atoms with Crippen LogP contribution in [0.4, 0.5) is 0 Å². The Morgan fingerprint density at radius 1 is 1.30 bits per heavy atom. The smallest absolute Gasteiger partial charge is 0.338 e. The van der Waals surface area contributed by atoms with Crippen molar-refractivity contribution >= 4 is 23.4 Å². The quantitative estimate of drug-likeness (QED) is 0.588. The maximum atomic E-state index is 13.3. The van der Waals surface area contributed by atoms with Crippen LogP contribution in [0.25, 0.3) is 6.08 Å². The van der Waals surface area contributed by atoms with Crippen molar-refractivity contribution in [1.82, 2.24) is 4.57 Å². The Balaban J connectivity index is 1.95. The number of carbonyl (C=O) groups excluding carboxylic acids is 1. The number of thiazole rings is 1. The minimum absolute atomic E-state index is 0.230. The van der Waals surface area contributed by atoms with Crippen LogP contribution in [0.3, 0.4) is 0 Å². The summed E-state index contributed by atoms with van der Waals surface area (Å²) in [5.41, 5.74) is 1.39. The molecule has 3 heterocycles. The van der Waals surface area contributed by atoms with Crippen LogP contribution in [0.15, 0.2) is 68.1 Å². The number of ether oxygens (including phenoxy) is 2. The Labute approximate surface area is 176 Å². The van der Waals surface area contributed by atoms with Gasteiger partial charge in [0.15, 0.2) is 4.80 Å². The number of furan rings is 1. The number of esters is 1. The van der Waals surface area contributed by atoms with E-state index in [0.29, 0.717) is 32.1 Å². The van der Waals surface area contributed by atoms with Gasteiger partial charge in [-0.3, -0.25) is 9.36 Å². The van der Waals surface area contributed by atoms with Gasteiger partial charge in [0.2, 0.25) is 0 Å². The lowest BCUT2D eigenvalue weighted by atomic mass is 9.96. The zero-order valence-electron chi connectivity index (χ0n) is 16.7. The van der Waals surface area contributed by atoms with E-state index in [0.717, 1.165) is 5.56 Å². The predicted molar refractivity (Wildman–Crippen MR) is 112 cm³/mol. The van der Waals surface area contributed by atoms with E-state index in [9.17, 15) is 9.59 Å². The number of allylic oxidation sites excluding steroid dienone is 1. The van der Waals surface area contributed by atoms with Crippen molar-refractivity contribution in [3.63, 3.8) is 0 Å². The molecule has 0 radical (unpaired) electrons. The second kappa shape index (κ2) is 8.16. The van der Waals surface area contributed by atoms with E-state index >= 15 is 0 Å². The lowest BCUT2D eigenvalue weighted by Gasteiger charge is -2.24. The minimum atomic E-state index is -0.648. The van der Waals surface area contributed by atoms with Gasteiger partial charge in [0.25, 0.3) is 5.56 Å². The average Bonchev–Trinajstić information content (AvgIpc) is 3.36. The molecule has 0 spiro atoms. The highest BCUT2D eigenvalue weighted by atomic mass is 32.1. The molecule has 30 heavy (non-hydrogen) atoms. The van der Waals surface area contributed by atoms with Gasteiger partial charge in [0.1, 0.15) is 11.5 Å². The maximum absolute atomic E-state index is 13.3. The van der Waals surface area contributed by atoms with Gasteiger partial charge >= 0.3 is 5.97 Å². The molecule has 0 saturated heterocycles. The van der Waals surface area contributed by atoms with Crippen molar-refractivity contribution < 1.29 is 18.7 Å². The molecular formula is C22H20N2O5S. The molecule has 0 amide bonds. The van der Waals surface area contributed by atoms with E-state index in [-0.39, 0.29) is 12.2 Å². The Kier molecular flexibility index (Phi) is 5.41. The van der Waals surface area contributed by atoms with E-state index in [2.05, 4.69) is 4.99 Å². The number of hydrogen-bond acceptors (Lipinski definition) is 7. The molecule has 0 bridgehead atoms. The van der Waals surface area contributed by atoms with Crippen LogP contribution in [-0.2, 0) is 9.53 Å². The predicted octanol–water partition coefficient (Wildman–Crippen LogP) is 2.40. The number of carbonyl (C=O) groups is 1. The van der Waals surface area contributed by atoms with Gasteiger partial charge in [-0.2, -0.15) is 0 Å². The molecule has 0 fully saturated rings. The summed E-state index contributed by atoms with van der Waals surface area (Å²) < 4.78 is 17.9. The third-order valence-electron chi connectivity index (χ3n) is 4.77. The van der Waals surface area contributed by atoms with Gasteiger partial charge in [-0.05, 0) is 43.7 Å². The third-order valence-corrected chi connectivity index (χ3v) is 5.75. The zero-order valence-corrected chi connectivity index (χ0v) is 17.6. The fraction of sp³-hybridized carbons (Fsp3) is 0.227. The molecule has 8 heteroatoms. The van der Waals surface area contributed by atoms with Crippen molar-refractivity contribution in [2.24, 2.45) is 4.99 Å². The zero-order chi connectivity index (χ0) is 21.3. The fourth-order valence-electron chi connectivity index (χ4n) is 3.40. The molecule has 7 nitrogen and oxygen atoms in total. The van der Waals surface area contributed by atoms with Crippen LogP contribution in [0.2, 0.25) is 0 Å². The Morgan fingerprint density at radius 2 is 2.07 bits per heavy atom. The lowest BCUT2D eigenvalue weighted by Crippen LogP contribution is -2.39. The molecule has 1 atom stereocenters. The summed E-state index contributed by atoms with van der Waals surface area (Å²) in [6.07, 6.45) is 3.23. The molecule has 0 unspecified atom stereocenters. The largest absolute Gasteiger partial charge is 0.497 e. The van der Waals surface area contributed by atoms with Crippen LogP contribution in [0.1, 0.15) is 31.2 Å². The Bertz CT molecular complexity index is 1280. The fourth-order valence-corrected chi connectivity index (χ4v) is 4.42. The summed E-state index contributed by atoms with van der Waals surface area (Å²) in [4.78, 5) is 31.2. The third kappa shape index (κ3) is 3.50. The molecule has 0 saturated carbocycles. The molecule has 4 rings (SSSR count). The van der Waals surface area contributed by atoms with Crippen LogP contribution < -0.4 is 19.6 Å². The average molecular weight is 424 g/mol. The monoisotopic (exact) mass is 424 g/mol. The minimum Gasteiger partial charge on any atom is -0.497 e. The molecule has 1 aliphatic rings. The van der Waals surface area contributed by atoms with E-state index in [1.807, 2.05) is 12.1 Å². The summed E-state index contributed by atoms with van der Waals surface area (Å²) >= 11 is 1.25. The first kappa shape index (κ1) is 19.9. The maximum Gasteiger partial charge on any atom is 0.338 e. The summed E-state index contributed by atoms with van der Waals surface area (Å²) in [7, 11) is 1.58. The molecule has 154 valence electrons. The summed E-state index contributed by atoms with van der Waals surface area (Å²) in [6.45, 7) is 3.73. The second-order valence-electron chi connectivity index (χ2n) is 6.59. The van der Waals surface area contributed by atoms with Crippen LogP contribution >= 0.6 is 11.3 Å². The first-order valence-electron chi connectivity index (χ1n) is 9.40. The van der Waals surface area contributed by atoms with Gasteiger partial charge in [0, 0.05) is 6.08 Å². The number of aromatic nitrogens is 1. The van der Waals surface area contributed by atoms with Gasteiger partial charge in [-0.15, -0.1) is 0 Å². The highest BCUT2D eigenvalue weighted by molar-refractivity contribution is 7.07. The van der Waals surface area contributed by atoms with Crippen LogP contribution in [-0.4, -0.2) is 24.3 Å². The van der Waals surface area contributed by atoms with E-state index in [1.54, 1.807) is 62.1 Å². The molecule has 0 aliphatic carbocycles. The van der Waals surface area contributed by atoms with Crippen molar-refractivity contribution in [2.75, 3.05) is 13.7 Å². The number of benzene rings is 1. The van der Waals surface area contributed by atoms with E-state index < -0.39 is 12.0 Å². The van der Waals surface area contributed by atoms with Crippen molar-refractivity contribution in [2.45, 2.75) is 19.9 Å². The van der Waals surface area contributed by atoms with Crippen LogP contribution in [0.5, 0.6) is 5.75 Å². The van der Waals surface area contributed by atoms with Crippen molar-refractivity contribution in [3.8, 4) is 5.75 Å². The summed E-state index contributed by atoms with van der Waals surface area (Å²) in [6, 6.07) is 10.2. The number of nitrogens with zero attached hydrogens (tertiary/aromatic N) is 2. The Hall–Kier alpha value is -3.39. The lowest BCUT2D eigenvalue weighted by molar-refractivity contribution is -0.139. The van der Waals surface area contributed by atoms with Gasteiger partial charge in [0.05, 0.1) is 41.8 Å². The molecular weight excluding hydrogens is 404 g/mol. The van der Waals surface area contributed by atoms with Gasteiger partial charge in [-0.25, -0.2) is 9.79 Å². The van der Waals surface area contributed by atoms with Gasteiger partial charge < -0.3 is 13.9 Å².